The van der Waals surface area contributed by atoms with Gasteiger partial charge in [0.25, 0.3) is 0 Å². The molecule has 366 valence electrons. The monoisotopic (exact) mass is 874 g/mol. The first-order chi connectivity index (χ1) is 30.5. The standard InChI is InChI=1S/C56H107NO5/c1-3-5-7-9-11-13-15-17-19-20-21-22-24-26-30-34-38-42-46-50-56(61)62-51-47-43-39-35-31-27-29-33-37-41-45-49-55(60)57-53(52-58)54(59)48-44-40-36-32-28-25-23-18-16-14-12-10-8-6-4-2/h17,19,44,48,53-54,58-59H,3-16,18,20-43,45-47,49-52H2,1-2H3,(H,57,60)/b19-17-,48-44+. The van der Waals surface area contributed by atoms with Crippen LogP contribution in [0.2, 0.25) is 0 Å². The minimum Gasteiger partial charge on any atom is -0.466 e. The van der Waals surface area contributed by atoms with Crippen LogP contribution in [0.25, 0.3) is 0 Å². The predicted molar refractivity (Wildman–Crippen MR) is 269 cm³/mol. The fourth-order valence-electron chi connectivity index (χ4n) is 8.45. The minimum atomic E-state index is -0.856. The molecule has 0 heterocycles. The van der Waals surface area contributed by atoms with E-state index in [1.54, 1.807) is 6.08 Å². The molecule has 1 amide bonds. The van der Waals surface area contributed by atoms with Gasteiger partial charge >= 0.3 is 5.97 Å². The molecule has 0 fully saturated rings. The van der Waals surface area contributed by atoms with Crippen LogP contribution in [0.5, 0.6) is 0 Å². The van der Waals surface area contributed by atoms with Crippen LogP contribution >= 0.6 is 0 Å². The van der Waals surface area contributed by atoms with Crippen molar-refractivity contribution in [1.29, 1.82) is 0 Å². The number of rotatable bonds is 51. The number of amides is 1. The highest BCUT2D eigenvalue weighted by Gasteiger charge is 2.18. The number of hydrogen-bond acceptors (Lipinski definition) is 5. The zero-order chi connectivity index (χ0) is 45.1. The highest BCUT2D eigenvalue weighted by molar-refractivity contribution is 5.76. The van der Waals surface area contributed by atoms with Gasteiger partial charge in [0.15, 0.2) is 0 Å². The summed E-state index contributed by atoms with van der Waals surface area (Å²) in [7, 11) is 0. The molecule has 0 aromatic heterocycles. The van der Waals surface area contributed by atoms with Crippen molar-refractivity contribution in [2.24, 2.45) is 0 Å². The maximum Gasteiger partial charge on any atom is 0.305 e. The average molecular weight is 874 g/mol. The van der Waals surface area contributed by atoms with Gasteiger partial charge < -0.3 is 20.3 Å². The molecule has 0 bridgehead atoms. The molecule has 62 heavy (non-hydrogen) atoms. The van der Waals surface area contributed by atoms with Crippen molar-refractivity contribution in [3.63, 3.8) is 0 Å². The van der Waals surface area contributed by atoms with Crippen molar-refractivity contribution in [2.75, 3.05) is 13.2 Å². The topological polar surface area (TPSA) is 95.9 Å². The summed E-state index contributed by atoms with van der Waals surface area (Å²) >= 11 is 0. The van der Waals surface area contributed by atoms with Gasteiger partial charge in [0.2, 0.25) is 5.91 Å². The second-order valence-electron chi connectivity index (χ2n) is 18.9. The number of aliphatic hydroxyl groups excluding tert-OH is 2. The Morgan fingerprint density at radius 3 is 1.15 bits per heavy atom. The van der Waals surface area contributed by atoms with Crippen LogP contribution < -0.4 is 5.32 Å². The van der Waals surface area contributed by atoms with Crippen molar-refractivity contribution in [1.82, 2.24) is 5.32 Å². The van der Waals surface area contributed by atoms with E-state index in [1.807, 2.05) is 6.08 Å². The van der Waals surface area contributed by atoms with Crippen LogP contribution in [0, 0.1) is 0 Å². The molecule has 0 saturated heterocycles. The van der Waals surface area contributed by atoms with Gasteiger partial charge in [0.1, 0.15) is 0 Å². The summed E-state index contributed by atoms with van der Waals surface area (Å²) in [6, 6.07) is -0.641. The molecule has 0 aliphatic carbocycles. The van der Waals surface area contributed by atoms with E-state index in [-0.39, 0.29) is 18.5 Å². The highest BCUT2D eigenvalue weighted by atomic mass is 16.5. The van der Waals surface area contributed by atoms with Gasteiger partial charge in [-0.25, -0.2) is 0 Å². The SMILES string of the molecule is CCCCCCCC/C=C\CCCCCCCCCCCC(=O)OCCCCCCCCCCCCCC(=O)NC(CO)C(O)/C=C/CCCCCCCCCCCCCCC. The van der Waals surface area contributed by atoms with Gasteiger partial charge in [-0.1, -0.05) is 250 Å². The van der Waals surface area contributed by atoms with Crippen molar-refractivity contribution >= 4 is 11.9 Å². The third kappa shape index (κ3) is 47.8. The fraction of sp³-hybridized carbons (Fsp3) is 0.893. The van der Waals surface area contributed by atoms with Gasteiger partial charge in [-0.2, -0.15) is 0 Å². The largest absolute Gasteiger partial charge is 0.466 e. The Morgan fingerprint density at radius 2 is 0.758 bits per heavy atom. The third-order valence-corrected chi connectivity index (χ3v) is 12.7. The highest BCUT2D eigenvalue weighted by Crippen LogP contribution is 2.16. The Kier molecular flexibility index (Phi) is 50.6. The molecule has 6 heteroatoms. The van der Waals surface area contributed by atoms with E-state index in [0.717, 1.165) is 57.8 Å². The van der Waals surface area contributed by atoms with Gasteiger partial charge in [0.05, 0.1) is 25.4 Å². The van der Waals surface area contributed by atoms with Crippen LogP contribution in [0.3, 0.4) is 0 Å². The quantitative estimate of drug-likeness (QED) is 0.0321. The van der Waals surface area contributed by atoms with Gasteiger partial charge in [0, 0.05) is 12.8 Å². The number of hydrogen-bond donors (Lipinski definition) is 3. The lowest BCUT2D eigenvalue weighted by Crippen LogP contribution is -2.45. The number of aliphatic hydroxyl groups is 2. The number of esters is 1. The first kappa shape index (κ1) is 60.3. The van der Waals surface area contributed by atoms with E-state index < -0.39 is 12.1 Å². The van der Waals surface area contributed by atoms with Crippen LogP contribution in [-0.4, -0.2) is 47.4 Å². The molecular formula is C56H107NO5. The van der Waals surface area contributed by atoms with Crippen LogP contribution in [0.15, 0.2) is 24.3 Å². The Bertz CT molecular complexity index is 966. The first-order valence-corrected chi connectivity index (χ1v) is 27.6. The normalized spacial score (nSPS) is 12.8. The van der Waals surface area contributed by atoms with Gasteiger partial charge in [-0.15, -0.1) is 0 Å². The fourth-order valence-corrected chi connectivity index (χ4v) is 8.45. The number of allylic oxidation sites excluding steroid dienone is 3. The summed E-state index contributed by atoms with van der Waals surface area (Å²) in [5, 5.41) is 23.1. The van der Waals surface area contributed by atoms with Crippen molar-refractivity contribution in [3.05, 3.63) is 24.3 Å². The average Bonchev–Trinajstić information content (AvgIpc) is 3.27. The molecule has 0 radical (unpaired) electrons. The maximum atomic E-state index is 12.4. The molecular weight excluding hydrogens is 767 g/mol. The molecule has 3 N–H and O–H groups in total. The zero-order valence-corrected chi connectivity index (χ0v) is 41.6. The van der Waals surface area contributed by atoms with Crippen LogP contribution in [0.1, 0.15) is 296 Å². The molecule has 0 aromatic rings. The Morgan fingerprint density at radius 1 is 0.435 bits per heavy atom. The second-order valence-corrected chi connectivity index (χ2v) is 18.9. The summed E-state index contributed by atoms with van der Waals surface area (Å²) in [5.41, 5.74) is 0. The smallest absolute Gasteiger partial charge is 0.305 e. The molecule has 0 rings (SSSR count). The van der Waals surface area contributed by atoms with Crippen LogP contribution in [0.4, 0.5) is 0 Å². The molecule has 6 nitrogen and oxygen atoms in total. The number of unbranched alkanes of at least 4 members (excludes halogenated alkanes) is 38. The zero-order valence-electron chi connectivity index (χ0n) is 41.6. The Hall–Kier alpha value is -1.66. The lowest BCUT2D eigenvalue weighted by Gasteiger charge is -2.20. The number of ether oxygens (including phenoxy) is 1. The third-order valence-electron chi connectivity index (χ3n) is 12.7. The summed E-state index contributed by atoms with van der Waals surface area (Å²) < 4.78 is 5.47. The summed E-state index contributed by atoms with van der Waals surface area (Å²) in [5.74, 6) is -0.102. The van der Waals surface area contributed by atoms with Gasteiger partial charge in [-0.3, -0.25) is 9.59 Å². The summed E-state index contributed by atoms with van der Waals surface area (Å²) in [6.07, 6.45) is 61.8. The summed E-state index contributed by atoms with van der Waals surface area (Å²) in [6.45, 7) is 4.86. The maximum absolute atomic E-state index is 12.4. The van der Waals surface area contributed by atoms with E-state index in [0.29, 0.717) is 19.4 Å². The van der Waals surface area contributed by atoms with E-state index >= 15 is 0 Å². The van der Waals surface area contributed by atoms with Crippen molar-refractivity contribution in [3.8, 4) is 0 Å². The van der Waals surface area contributed by atoms with E-state index in [4.69, 9.17) is 4.74 Å². The number of carbonyl (C=O) groups excluding carboxylic acids is 2. The predicted octanol–water partition coefficient (Wildman–Crippen LogP) is 16.7. The lowest BCUT2D eigenvalue weighted by atomic mass is 10.0. The van der Waals surface area contributed by atoms with Gasteiger partial charge in [-0.05, 0) is 57.8 Å². The molecule has 0 aromatic carbocycles. The minimum absolute atomic E-state index is 0.0158. The molecule has 2 unspecified atom stereocenters. The van der Waals surface area contributed by atoms with Crippen LogP contribution in [-0.2, 0) is 14.3 Å². The summed E-state index contributed by atoms with van der Waals surface area (Å²) in [4.78, 5) is 24.5. The van der Waals surface area contributed by atoms with E-state index in [9.17, 15) is 19.8 Å². The molecule has 0 saturated carbocycles. The molecule has 0 spiro atoms. The number of nitrogens with one attached hydrogen (secondary N) is 1. The van der Waals surface area contributed by atoms with Crippen molar-refractivity contribution < 1.29 is 24.5 Å². The number of carbonyl (C=O) groups is 2. The van der Waals surface area contributed by atoms with E-state index in [1.165, 1.54) is 212 Å². The van der Waals surface area contributed by atoms with Crippen molar-refractivity contribution in [2.45, 2.75) is 309 Å². The van der Waals surface area contributed by atoms with E-state index in [2.05, 4.69) is 31.3 Å². The first-order valence-electron chi connectivity index (χ1n) is 27.6. The second kappa shape index (κ2) is 52.0. The molecule has 0 aliphatic rings. The molecule has 2 atom stereocenters. The Labute approximate surface area is 386 Å². The molecule has 0 aliphatic heterocycles. The Balaban J connectivity index is 3.47. The lowest BCUT2D eigenvalue weighted by molar-refractivity contribution is -0.143.